The van der Waals surface area contributed by atoms with Crippen molar-refractivity contribution in [3.63, 3.8) is 0 Å². The predicted molar refractivity (Wildman–Crippen MR) is 69.7 cm³/mol. The Morgan fingerprint density at radius 2 is 2.39 bits per heavy atom. The number of hydrogen-bond donors (Lipinski definition) is 1. The summed E-state index contributed by atoms with van der Waals surface area (Å²) in [4.78, 5) is 25.3. The van der Waals surface area contributed by atoms with E-state index >= 15 is 0 Å². The molecular formula is C12H18N2O3S. The number of likely N-dealkylation sites (tertiary alicyclic amines) is 1. The molecule has 0 radical (unpaired) electrons. The first-order valence-corrected chi connectivity index (χ1v) is 7.03. The molecule has 1 saturated heterocycles. The number of hydrogen-bond acceptors (Lipinski definition) is 4. The second kappa shape index (κ2) is 5.67. The van der Waals surface area contributed by atoms with E-state index in [1.54, 1.807) is 10.3 Å². The minimum absolute atomic E-state index is 0.0308. The standard InChI is InChI=1S/C12H18N2O3S/c1-9-8-18-12(17)14(9)6-11(16)13-4-2-3-10(5-13)7-15/h8,10,15H,2-7H2,1H3. The van der Waals surface area contributed by atoms with Crippen LogP contribution in [0.2, 0.25) is 0 Å². The zero-order chi connectivity index (χ0) is 13.1. The lowest BCUT2D eigenvalue weighted by Crippen LogP contribution is -2.43. The van der Waals surface area contributed by atoms with Gasteiger partial charge in [0.1, 0.15) is 6.54 Å². The number of thiazole rings is 1. The third kappa shape index (κ3) is 2.81. The van der Waals surface area contributed by atoms with Crippen LogP contribution in [0.5, 0.6) is 0 Å². The van der Waals surface area contributed by atoms with Crippen LogP contribution in [0.15, 0.2) is 10.2 Å². The summed E-state index contributed by atoms with van der Waals surface area (Å²) in [5.41, 5.74) is 0.828. The zero-order valence-electron chi connectivity index (χ0n) is 10.5. The molecule has 1 aliphatic rings. The van der Waals surface area contributed by atoms with Crippen molar-refractivity contribution in [2.24, 2.45) is 5.92 Å². The fourth-order valence-electron chi connectivity index (χ4n) is 2.27. The number of nitrogens with zero attached hydrogens (tertiary/aromatic N) is 2. The summed E-state index contributed by atoms with van der Waals surface area (Å²) in [5, 5.41) is 10.9. The second-order valence-corrected chi connectivity index (χ2v) is 5.58. The van der Waals surface area contributed by atoms with Crippen molar-refractivity contribution in [1.82, 2.24) is 9.47 Å². The smallest absolute Gasteiger partial charge is 0.307 e. The summed E-state index contributed by atoms with van der Waals surface area (Å²) in [6, 6.07) is 0. The molecular weight excluding hydrogens is 252 g/mol. The van der Waals surface area contributed by atoms with E-state index in [0.29, 0.717) is 6.54 Å². The van der Waals surface area contributed by atoms with Crippen LogP contribution in [0.4, 0.5) is 0 Å². The Bertz CT molecular complexity index is 480. The van der Waals surface area contributed by atoms with Gasteiger partial charge in [-0.2, -0.15) is 0 Å². The van der Waals surface area contributed by atoms with E-state index in [1.165, 1.54) is 4.57 Å². The average molecular weight is 270 g/mol. The van der Waals surface area contributed by atoms with E-state index < -0.39 is 0 Å². The average Bonchev–Trinajstić information content (AvgIpc) is 2.70. The molecule has 1 aromatic heterocycles. The molecule has 1 unspecified atom stereocenters. The van der Waals surface area contributed by atoms with E-state index in [1.807, 2.05) is 6.92 Å². The molecule has 100 valence electrons. The summed E-state index contributed by atoms with van der Waals surface area (Å²) in [6.45, 7) is 3.41. The van der Waals surface area contributed by atoms with Gasteiger partial charge >= 0.3 is 4.87 Å². The fraction of sp³-hybridized carbons (Fsp3) is 0.667. The molecule has 1 N–H and O–H groups in total. The lowest BCUT2D eigenvalue weighted by Gasteiger charge is -2.32. The molecule has 2 rings (SSSR count). The number of rotatable bonds is 3. The maximum Gasteiger partial charge on any atom is 0.307 e. The number of aliphatic hydroxyl groups is 1. The van der Waals surface area contributed by atoms with Crippen molar-refractivity contribution >= 4 is 17.2 Å². The molecule has 1 atom stereocenters. The van der Waals surface area contributed by atoms with E-state index in [-0.39, 0.29) is 29.8 Å². The van der Waals surface area contributed by atoms with Crippen molar-refractivity contribution in [3.05, 3.63) is 20.7 Å². The summed E-state index contributed by atoms with van der Waals surface area (Å²) in [7, 11) is 0. The molecule has 5 nitrogen and oxygen atoms in total. The highest BCUT2D eigenvalue weighted by molar-refractivity contribution is 7.07. The topological polar surface area (TPSA) is 62.5 Å². The molecule has 18 heavy (non-hydrogen) atoms. The van der Waals surface area contributed by atoms with Gasteiger partial charge in [-0.3, -0.25) is 14.2 Å². The summed E-state index contributed by atoms with van der Waals surface area (Å²) >= 11 is 1.12. The van der Waals surface area contributed by atoms with E-state index in [9.17, 15) is 9.59 Å². The second-order valence-electron chi connectivity index (χ2n) is 4.76. The van der Waals surface area contributed by atoms with Crippen molar-refractivity contribution < 1.29 is 9.90 Å². The van der Waals surface area contributed by atoms with Crippen LogP contribution >= 0.6 is 11.3 Å². The van der Waals surface area contributed by atoms with Crippen LogP contribution in [-0.4, -0.2) is 40.2 Å². The molecule has 6 heteroatoms. The number of aryl methyl sites for hydroxylation is 1. The molecule has 1 fully saturated rings. The molecule has 0 aromatic carbocycles. The van der Waals surface area contributed by atoms with Gasteiger partial charge in [0, 0.05) is 30.8 Å². The number of piperidine rings is 1. The summed E-state index contributed by atoms with van der Waals surface area (Å²) < 4.78 is 1.51. The lowest BCUT2D eigenvalue weighted by molar-refractivity contribution is -0.134. The zero-order valence-corrected chi connectivity index (χ0v) is 11.3. The van der Waals surface area contributed by atoms with Gasteiger partial charge in [0.15, 0.2) is 0 Å². The van der Waals surface area contributed by atoms with Crippen LogP contribution in [-0.2, 0) is 11.3 Å². The summed E-state index contributed by atoms with van der Waals surface area (Å²) in [5.74, 6) is 0.153. The van der Waals surface area contributed by atoms with Crippen LogP contribution in [0, 0.1) is 12.8 Å². The number of carbonyl (C=O) groups excluding carboxylic acids is 1. The number of carbonyl (C=O) groups is 1. The first-order chi connectivity index (χ1) is 8.61. The molecule has 1 aliphatic heterocycles. The van der Waals surface area contributed by atoms with Crippen LogP contribution in [0.3, 0.4) is 0 Å². The Kier molecular flexibility index (Phi) is 4.19. The number of aliphatic hydroxyl groups excluding tert-OH is 1. The number of amides is 1. The maximum absolute atomic E-state index is 12.1. The van der Waals surface area contributed by atoms with Gasteiger partial charge in [0.05, 0.1) is 0 Å². The van der Waals surface area contributed by atoms with E-state index in [2.05, 4.69) is 0 Å². The molecule has 0 aliphatic carbocycles. The van der Waals surface area contributed by atoms with Gasteiger partial charge in [-0.15, -0.1) is 0 Å². The van der Waals surface area contributed by atoms with Crippen molar-refractivity contribution in [2.75, 3.05) is 19.7 Å². The van der Waals surface area contributed by atoms with Crippen LogP contribution < -0.4 is 4.87 Å². The molecule has 2 heterocycles. The highest BCUT2D eigenvalue weighted by Gasteiger charge is 2.23. The third-order valence-electron chi connectivity index (χ3n) is 3.40. The van der Waals surface area contributed by atoms with Crippen molar-refractivity contribution in [3.8, 4) is 0 Å². The Labute approximate surface area is 110 Å². The van der Waals surface area contributed by atoms with Gasteiger partial charge in [-0.05, 0) is 25.7 Å². The lowest BCUT2D eigenvalue weighted by atomic mass is 9.99. The Hall–Kier alpha value is -1.14. The van der Waals surface area contributed by atoms with Gasteiger partial charge in [0.2, 0.25) is 5.91 Å². The molecule has 0 spiro atoms. The highest BCUT2D eigenvalue weighted by atomic mass is 32.1. The Balaban J connectivity index is 2.02. The minimum Gasteiger partial charge on any atom is -0.396 e. The molecule has 0 saturated carbocycles. The normalized spacial score (nSPS) is 20.1. The van der Waals surface area contributed by atoms with Gasteiger partial charge in [0.25, 0.3) is 0 Å². The van der Waals surface area contributed by atoms with Gasteiger partial charge < -0.3 is 10.0 Å². The molecule has 0 bridgehead atoms. The Morgan fingerprint density at radius 1 is 1.61 bits per heavy atom. The fourth-order valence-corrected chi connectivity index (χ4v) is 3.01. The predicted octanol–water partition coefficient (Wildman–Crippen LogP) is 0.449. The number of aromatic nitrogens is 1. The van der Waals surface area contributed by atoms with Crippen molar-refractivity contribution in [2.45, 2.75) is 26.3 Å². The largest absolute Gasteiger partial charge is 0.396 e. The summed E-state index contributed by atoms with van der Waals surface area (Å²) in [6.07, 6.45) is 1.90. The monoisotopic (exact) mass is 270 g/mol. The minimum atomic E-state index is -0.0865. The maximum atomic E-state index is 12.1. The van der Waals surface area contributed by atoms with Crippen molar-refractivity contribution in [1.29, 1.82) is 0 Å². The Morgan fingerprint density at radius 3 is 3.00 bits per heavy atom. The van der Waals surface area contributed by atoms with Gasteiger partial charge in [-0.25, -0.2) is 0 Å². The molecule has 1 aromatic rings. The third-order valence-corrected chi connectivity index (χ3v) is 4.28. The van der Waals surface area contributed by atoms with E-state index in [0.717, 1.165) is 36.4 Å². The van der Waals surface area contributed by atoms with Crippen LogP contribution in [0.1, 0.15) is 18.5 Å². The first kappa shape index (κ1) is 13.3. The molecule has 1 amide bonds. The van der Waals surface area contributed by atoms with Gasteiger partial charge in [-0.1, -0.05) is 11.3 Å². The van der Waals surface area contributed by atoms with Crippen LogP contribution in [0.25, 0.3) is 0 Å². The first-order valence-electron chi connectivity index (χ1n) is 6.15. The SMILES string of the molecule is Cc1csc(=O)n1CC(=O)N1CCCC(CO)C1. The quantitative estimate of drug-likeness (QED) is 0.867. The highest BCUT2D eigenvalue weighted by Crippen LogP contribution is 2.16. The van der Waals surface area contributed by atoms with E-state index in [4.69, 9.17) is 5.11 Å².